The van der Waals surface area contributed by atoms with Gasteiger partial charge in [-0.1, -0.05) is 25.0 Å². The molecule has 136 valence electrons. The third kappa shape index (κ3) is 4.48. The molecular formula is C20H27NO2S2. The van der Waals surface area contributed by atoms with E-state index < -0.39 is 0 Å². The van der Waals surface area contributed by atoms with Gasteiger partial charge in [0.05, 0.1) is 4.58 Å². The predicted octanol–water partition coefficient (Wildman–Crippen LogP) is 4.87. The average Bonchev–Trinajstić information content (AvgIpc) is 3.35. The molecule has 1 amide bonds. The molecule has 4 rings (SSSR count). The summed E-state index contributed by atoms with van der Waals surface area (Å²) < 4.78 is 6.38. The molecule has 2 saturated carbocycles. The van der Waals surface area contributed by atoms with E-state index >= 15 is 0 Å². The number of rotatable bonds is 6. The van der Waals surface area contributed by atoms with E-state index in [9.17, 15) is 4.79 Å². The molecule has 0 atom stereocenters. The van der Waals surface area contributed by atoms with E-state index in [1.165, 1.54) is 62.0 Å². The summed E-state index contributed by atoms with van der Waals surface area (Å²) in [6.07, 6.45) is 8.54. The van der Waals surface area contributed by atoms with E-state index in [1.54, 1.807) is 0 Å². The zero-order chi connectivity index (χ0) is 17.1. The fraction of sp³-hybridized carbons (Fsp3) is 0.650. The van der Waals surface area contributed by atoms with Gasteiger partial charge in [0.2, 0.25) is 0 Å². The lowest BCUT2D eigenvalue weighted by atomic mass is 10.2. The van der Waals surface area contributed by atoms with Gasteiger partial charge in [-0.2, -0.15) is 0 Å². The van der Waals surface area contributed by atoms with Crippen LogP contribution in [0.4, 0.5) is 0 Å². The van der Waals surface area contributed by atoms with Crippen molar-refractivity contribution in [1.29, 1.82) is 0 Å². The van der Waals surface area contributed by atoms with Crippen molar-refractivity contribution < 1.29 is 9.53 Å². The Hall–Kier alpha value is -0.810. The normalized spacial score (nSPS) is 22.1. The van der Waals surface area contributed by atoms with E-state index in [0.29, 0.717) is 16.7 Å². The Morgan fingerprint density at radius 1 is 0.960 bits per heavy atom. The highest BCUT2D eigenvalue weighted by Crippen LogP contribution is 2.43. The van der Waals surface area contributed by atoms with Crippen LogP contribution in [-0.4, -0.2) is 41.0 Å². The zero-order valence-corrected chi connectivity index (χ0v) is 16.3. The molecular weight excluding hydrogens is 350 g/mol. The van der Waals surface area contributed by atoms with Crippen molar-refractivity contribution >= 4 is 29.4 Å². The lowest BCUT2D eigenvalue weighted by molar-refractivity contribution is -0.136. The second kappa shape index (κ2) is 8.26. The molecule has 1 aromatic rings. The Labute approximate surface area is 159 Å². The van der Waals surface area contributed by atoms with Gasteiger partial charge in [0.1, 0.15) is 5.75 Å². The summed E-state index contributed by atoms with van der Waals surface area (Å²) in [5.41, 5.74) is 1.36. The van der Waals surface area contributed by atoms with Crippen LogP contribution < -0.4 is 4.74 Å². The van der Waals surface area contributed by atoms with E-state index in [4.69, 9.17) is 4.74 Å². The maximum absolute atomic E-state index is 12.7. The molecule has 0 N–H and O–H groups in total. The number of carbonyl (C=O) groups excluding carboxylic acids is 1. The molecule has 0 aromatic heterocycles. The lowest BCUT2D eigenvalue weighted by Gasteiger charge is -2.29. The molecule has 1 saturated heterocycles. The Balaban J connectivity index is 1.31. The van der Waals surface area contributed by atoms with Gasteiger partial charge in [0.25, 0.3) is 5.91 Å². The molecule has 0 spiro atoms. The van der Waals surface area contributed by atoms with Crippen LogP contribution in [0.1, 0.15) is 55.1 Å². The fourth-order valence-electron chi connectivity index (χ4n) is 3.86. The number of ether oxygens (including phenoxy) is 1. The highest BCUT2D eigenvalue weighted by Gasteiger charge is 2.38. The topological polar surface area (TPSA) is 29.5 Å². The first kappa shape index (κ1) is 17.6. The van der Waals surface area contributed by atoms with Crippen molar-refractivity contribution in [2.75, 3.05) is 18.1 Å². The van der Waals surface area contributed by atoms with E-state index in [2.05, 4.69) is 17.0 Å². The van der Waals surface area contributed by atoms with Gasteiger partial charge < -0.3 is 9.64 Å². The highest BCUT2D eigenvalue weighted by molar-refractivity contribution is 8.16. The van der Waals surface area contributed by atoms with Gasteiger partial charge in [-0.05, 0) is 61.3 Å². The van der Waals surface area contributed by atoms with E-state index in [-0.39, 0.29) is 12.5 Å². The van der Waals surface area contributed by atoms with Gasteiger partial charge in [0, 0.05) is 12.1 Å². The SMILES string of the molecule is O=C(COc1ccc(C2SCCCS2)cc1)N(C1CCCC1)C1CC1. The second-order valence-corrected chi connectivity index (χ2v) is 9.98. The van der Waals surface area contributed by atoms with Crippen molar-refractivity contribution in [3.05, 3.63) is 29.8 Å². The molecule has 3 fully saturated rings. The van der Waals surface area contributed by atoms with Crippen LogP contribution in [-0.2, 0) is 4.79 Å². The van der Waals surface area contributed by atoms with E-state index in [0.717, 1.165) is 5.75 Å². The number of hydrogen-bond donors (Lipinski definition) is 0. The predicted molar refractivity (Wildman–Crippen MR) is 106 cm³/mol. The van der Waals surface area contributed by atoms with Crippen molar-refractivity contribution in [2.24, 2.45) is 0 Å². The third-order valence-electron chi connectivity index (χ3n) is 5.29. The quantitative estimate of drug-likeness (QED) is 0.707. The summed E-state index contributed by atoms with van der Waals surface area (Å²) in [5, 5.41) is 0. The van der Waals surface area contributed by atoms with Crippen LogP contribution in [0.15, 0.2) is 24.3 Å². The molecule has 2 aliphatic carbocycles. The van der Waals surface area contributed by atoms with Crippen molar-refractivity contribution in [3.8, 4) is 5.75 Å². The number of nitrogens with zero attached hydrogens (tertiary/aromatic N) is 1. The summed E-state index contributed by atoms with van der Waals surface area (Å²) in [6, 6.07) is 9.31. The Bertz CT molecular complexity index is 576. The molecule has 1 aromatic carbocycles. The van der Waals surface area contributed by atoms with Crippen molar-refractivity contribution in [3.63, 3.8) is 0 Å². The monoisotopic (exact) mass is 377 g/mol. The standard InChI is InChI=1S/C20H27NO2S2/c22-19(21(17-8-9-17)16-4-1-2-5-16)14-23-18-10-6-15(7-11-18)20-24-12-3-13-25-20/h6-7,10-11,16-17,20H,1-5,8-9,12-14H2. The summed E-state index contributed by atoms with van der Waals surface area (Å²) in [6.45, 7) is 0.180. The minimum Gasteiger partial charge on any atom is -0.484 e. The largest absolute Gasteiger partial charge is 0.484 e. The summed E-state index contributed by atoms with van der Waals surface area (Å²) >= 11 is 4.06. The summed E-state index contributed by atoms with van der Waals surface area (Å²) in [7, 11) is 0. The molecule has 3 nitrogen and oxygen atoms in total. The number of amides is 1. The van der Waals surface area contributed by atoms with Gasteiger partial charge >= 0.3 is 0 Å². The maximum Gasteiger partial charge on any atom is 0.261 e. The molecule has 3 aliphatic rings. The van der Waals surface area contributed by atoms with Gasteiger partial charge in [-0.15, -0.1) is 23.5 Å². The number of benzene rings is 1. The fourth-order valence-corrected chi connectivity index (χ4v) is 6.76. The maximum atomic E-state index is 12.7. The van der Waals surface area contributed by atoms with Crippen LogP contribution >= 0.6 is 23.5 Å². The Kier molecular flexibility index (Phi) is 5.81. The van der Waals surface area contributed by atoms with Gasteiger partial charge in [0.15, 0.2) is 6.61 Å². The van der Waals surface area contributed by atoms with Crippen LogP contribution in [0.3, 0.4) is 0 Å². The second-order valence-electron chi connectivity index (χ2n) is 7.26. The molecule has 0 bridgehead atoms. The van der Waals surface area contributed by atoms with Crippen molar-refractivity contribution in [2.45, 2.75) is 61.6 Å². The number of thioether (sulfide) groups is 2. The Morgan fingerprint density at radius 3 is 2.24 bits per heavy atom. The van der Waals surface area contributed by atoms with Crippen LogP contribution in [0.25, 0.3) is 0 Å². The minimum atomic E-state index is 0.178. The van der Waals surface area contributed by atoms with Crippen LogP contribution in [0.5, 0.6) is 5.75 Å². The molecule has 5 heteroatoms. The molecule has 0 radical (unpaired) electrons. The zero-order valence-electron chi connectivity index (χ0n) is 14.7. The molecule has 1 aliphatic heterocycles. The highest BCUT2D eigenvalue weighted by atomic mass is 32.2. The van der Waals surface area contributed by atoms with Gasteiger partial charge in [-0.3, -0.25) is 4.79 Å². The van der Waals surface area contributed by atoms with Crippen LogP contribution in [0, 0.1) is 0 Å². The average molecular weight is 378 g/mol. The first-order valence-corrected chi connectivity index (χ1v) is 11.7. The first-order valence-electron chi connectivity index (χ1n) is 9.58. The first-order chi connectivity index (χ1) is 12.3. The summed E-state index contributed by atoms with van der Waals surface area (Å²) in [5.74, 6) is 3.49. The smallest absolute Gasteiger partial charge is 0.261 e. The Morgan fingerprint density at radius 2 is 1.60 bits per heavy atom. The third-order valence-corrected chi connectivity index (χ3v) is 8.30. The lowest BCUT2D eigenvalue weighted by Crippen LogP contribution is -2.43. The van der Waals surface area contributed by atoms with Gasteiger partial charge in [-0.25, -0.2) is 0 Å². The number of carbonyl (C=O) groups is 1. The summed E-state index contributed by atoms with van der Waals surface area (Å²) in [4.78, 5) is 14.8. The van der Waals surface area contributed by atoms with Crippen LogP contribution in [0.2, 0.25) is 0 Å². The van der Waals surface area contributed by atoms with Crippen molar-refractivity contribution in [1.82, 2.24) is 4.90 Å². The number of hydrogen-bond acceptors (Lipinski definition) is 4. The van der Waals surface area contributed by atoms with E-state index in [1.807, 2.05) is 35.7 Å². The molecule has 1 heterocycles. The molecule has 25 heavy (non-hydrogen) atoms. The minimum absolute atomic E-state index is 0.178. The molecule has 0 unspecified atom stereocenters.